The van der Waals surface area contributed by atoms with Gasteiger partial charge in [0, 0.05) is 45.2 Å². The molecule has 2 aromatic rings. The fourth-order valence-electron chi connectivity index (χ4n) is 3.20. The molecule has 1 aromatic heterocycles. The molecule has 0 spiro atoms. The molecule has 6 heteroatoms. The van der Waals surface area contributed by atoms with Crippen LogP contribution in [0.2, 0.25) is 0 Å². The fourth-order valence-corrected chi connectivity index (χ4v) is 4.29. The molecule has 0 unspecified atom stereocenters. The van der Waals surface area contributed by atoms with E-state index in [1.807, 2.05) is 0 Å². The van der Waals surface area contributed by atoms with E-state index < -0.39 is 0 Å². The molecule has 1 aliphatic heterocycles. The molecular formula is C18H24N4OS. The van der Waals surface area contributed by atoms with Crippen molar-refractivity contribution in [3.05, 3.63) is 23.8 Å². The summed E-state index contributed by atoms with van der Waals surface area (Å²) < 4.78 is 1.27. The van der Waals surface area contributed by atoms with E-state index in [1.165, 1.54) is 10.3 Å². The average Bonchev–Trinajstić information content (AvgIpc) is 3.35. The van der Waals surface area contributed by atoms with Crippen LogP contribution >= 0.6 is 11.3 Å². The molecule has 2 fully saturated rings. The van der Waals surface area contributed by atoms with Crippen molar-refractivity contribution in [1.82, 2.24) is 15.2 Å². The van der Waals surface area contributed by atoms with Crippen molar-refractivity contribution < 1.29 is 4.79 Å². The van der Waals surface area contributed by atoms with Gasteiger partial charge < -0.3 is 10.2 Å². The van der Waals surface area contributed by atoms with E-state index in [-0.39, 0.29) is 5.91 Å². The average molecular weight is 344 g/mol. The quantitative estimate of drug-likeness (QED) is 0.904. The highest BCUT2D eigenvalue weighted by Crippen LogP contribution is 2.31. The summed E-state index contributed by atoms with van der Waals surface area (Å²) in [5.41, 5.74) is 2.39. The van der Waals surface area contributed by atoms with Crippen LogP contribution in [0.4, 0.5) is 5.13 Å². The van der Waals surface area contributed by atoms with Gasteiger partial charge >= 0.3 is 0 Å². The molecule has 1 N–H and O–H groups in total. The van der Waals surface area contributed by atoms with E-state index in [1.54, 1.807) is 11.3 Å². The van der Waals surface area contributed by atoms with Crippen LogP contribution in [-0.4, -0.2) is 55.1 Å². The molecular weight excluding hydrogens is 320 g/mol. The van der Waals surface area contributed by atoms with E-state index in [4.69, 9.17) is 4.98 Å². The van der Waals surface area contributed by atoms with Gasteiger partial charge in [-0.25, -0.2) is 4.98 Å². The van der Waals surface area contributed by atoms with Crippen LogP contribution in [0.25, 0.3) is 10.2 Å². The summed E-state index contributed by atoms with van der Waals surface area (Å²) in [5.74, 6) is 0.558. The minimum Gasteiger partial charge on any atom is -0.355 e. The van der Waals surface area contributed by atoms with E-state index >= 15 is 0 Å². The maximum Gasteiger partial charge on any atom is 0.223 e. The highest BCUT2D eigenvalue weighted by Gasteiger charge is 2.29. The van der Waals surface area contributed by atoms with E-state index in [0.29, 0.717) is 5.92 Å². The van der Waals surface area contributed by atoms with Gasteiger partial charge in [-0.3, -0.25) is 9.69 Å². The molecule has 1 saturated heterocycles. The first-order valence-corrected chi connectivity index (χ1v) is 9.63. The Morgan fingerprint density at radius 1 is 1.29 bits per heavy atom. The number of para-hydroxylation sites is 1. The first kappa shape index (κ1) is 15.8. The predicted molar refractivity (Wildman–Crippen MR) is 98.7 cm³/mol. The molecule has 0 atom stereocenters. The van der Waals surface area contributed by atoms with Crippen LogP contribution in [0.15, 0.2) is 18.2 Å². The number of piperazine rings is 1. The van der Waals surface area contributed by atoms with Gasteiger partial charge in [-0.15, -0.1) is 0 Å². The second kappa shape index (κ2) is 6.69. The molecule has 24 heavy (non-hydrogen) atoms. The van der Waals surface area contributed by atoms with Crippen LogP contribution in [0.1, 0.15) is 18.4 Å². The van der Waals surface area contributed by atoms with Gasteiger partial charge in [0.15, 0.2) is 5.13 Å². The van der Waals surface area contributed by atoms with Crippen molar-refractivity contribution >= 4 is 32.6 Å². The number of rotatable bonds is 5. The minimum atomic E-state index is 0.249. The molecule has 1 saturated carbocycles. The van der Waals surface area contributed by atoms with Crippen molar-refractivity contribution in [3.63, 3.8) is 0 Å². The Morgan fingerprint density at radius 2 is 2.08 bits per heavy atom. The summed E-state index contributed by atoms with van der Waals surface area (Å²) in [6.07, 6.45) is 2.15. The number of thiazole rings is 1. The number of carbonyl (C=O) groups excluding carboxylic acids is 1. The summed E-state index contributed by atoms with van der Waals surface area (Å²) >= 11 is 1.79. The number of hydrogen-bond donors (Lipinski definition) is 1. The molecule has 0 radical (unpaired) electrons. The number of amides is 1. The monoisotopic (exact) mass is 344 g/mol. The van der Waals surface area contributed by atoms with Gasteiger partial charge in [0.25, 0.3) is 0 Å². The van der Waals surface area contributed by atoms with Crippen molar-refractivity contribution in [3.8, 4) is 0 Å². The van der Waals surface area contributed by atoms with Gasteiger partial charge in [0.2, 0.25) is 5.91 Å². The maximum absolute atomic E-state index is 11.7. The SMILES string of the molecule is Cc1cccc2sc(N3CCN(CCNC(=O)C4CC4)CC3)nc12. The second-order valence-corrected chi connectivity index (χ2v) is 7.82. The zero-order chi connectivity index (χ0) is 16.5. The molecule has 128 valence electrons. The Labute approximate surface area is 146 Å². The smallest absolute Gasteiger partial charge is 0.223 e. The van der Waals surface area contributed by atoms with Crippen LogP contribution in [-0.2, 0) is 4.79 Å². The minimum absolute atomic E-state index is 0.249. The van der Waals surface area contributed by atoms with Crippen LogP contribution in [0, 0.1) is 12.8 Å². The van der Waals surface area contributed by atoms with Gasteiger partial charge in [0.05, 0.1) is 10.2 Å². The summed E-state index contributed by atoms with van der Waals surface area (Å²) in [4.78, 5) is 21.3. The fraction of sp³-hybridized carbons (Fsp3) is 0.556. The molecule has 1 amide bonds. The van der Waals surface area contributed by atoms with Gasteiger partial charge in [0.1, 0.15) is 0 Å². The van der Waals surface area contributed by atoms with E-state index in [0.717, 1.165) is 62.8 Å². The highest BCUT2D eigenvalue weighted by atomic mass is 32.1. The topological polar surface area (TPSA) is 48.5 Å². The lowest BCUT2D eigenvalue weighted by Gasteiger charge is -2.34. The van der Waals surface area contributed by atoms with Crippen molar-refractivity contribution in [1.29, 1.82) is 0 Å². The predicted octanol–water partition coefficient (Wildman–Crippen LogP) is 2.25. The molecule has 0 bridgehead atoms. The number of anilines is 1. The second-order valence-electron chi connectivity index (χ2n) is 6.81. The zero-order valence-corrected chi connectivity index (χ0v) is 14.9. The maximum atomic E-state index is 11.7. The molecule has 2 aliphatic rings. The first-order valence-electron chi connectivity index (χ1n) is 8.82. The lowest BCUT2D eigenvalue weighted by Crippen LogP contribution is -2.48. The van der Waals surface area contributed by atoms with Gasteiger partial charge in [-0.05, 0) is 31.4 Å². The standard InChI is InChI=1S/C18H24N4OS/c1-13-3-2-4-15-16(13)20-18(24-15)22-11-9-21(10-12-22)8-7-19-17(23)14-5-6-14/h2-4,14H,5-12H2,1H3,(H,19,23). The Kier molecular flexibility index (Phi) is 4.41. The third kappa shape index (κ3) is 3.39. The van der Waals surface area contributed by atoms with Crippen LogP contribution in [0.5, 0.6) is 0 Å². The number of nitrogens with zero attached hydrogens (tertiary/aromatic N) is 3. The lowest BCUT2D eigenvalue weighted by atomic mass is 10.2. The summed E-state index contributed by atoms with van der Waals surface area (Å²) in [7, 11) is 0. The van der Waals surface area contributed by atoms with E-state index in [9.17, 15) is 4.79 Å². The number of aromatic nitrogens is 1. The molecule has 5 nitrogen and oxygen atoms in total. The van der Waals surface area contributed by atoms with E-state index in [2.05, 4.69) is 40.2 Å². The Balaban J connectivity index is 1.28. The Bertz CT molecular complexity index is 732. The van der Waals surface area contributed by atoms with Crippen molar-refractivity contribution in [2.45, 2.75) is 19.8 Å². The number of fused-ring (bicyclic) bond motifs is 1. The zero-order valence-electron chi connectivity index (χ0n) is 14.1. The van der Waals surface area contributed by atoms with Crippen LogP contribution in [0.3, 0.4) is 0 Å². The number of hydrogen-bond acceptors (Lipinski definition) is 5. The van der Waals surface area contributed by atoms with Crippen LogP contribution < -0.4 is 10.2 Å². The number of aryl methyl sites for hydroxylation is 1. The Hall–Kier alpha value is -1.66. The molecule has 2 heterocycles. The highest BCUT2D eigenvalue weighted by molar-refractivity contribution is 7.22. The molecule has 4 rings (SSSR count). The van der Waals surface area contributed by atoms with Gasteiger partial charge in [-0.2, -0.15) is 0 Å². The number of benzene rings is 1. The molecule has 1 aromatic carbocycles. The number of nitrogens with one attached hydrogen (secondary N) is 1. The third-order valence-electron chi connectivity index (χ3n) is 4.93. The molecule has 1 aliphatic carbocycles. The van der Waals surface area contributed by atoms with Gasteiger partial charge in [-0.1, -0.05) is 23.5 Å². The largest absolute Gasteiger partial charge is 0.355 e. The summed E-state index contributed by atoms with van der Waals surface area (Å²) in [6, 6.07) is 6.38. The summed E-state index contributed by atoms with van der Waals surface area (Å²) in [5, 5.41) is 4.19. The van der Waals surface area contributed by atoms with Crippen molar-refractivity contribution in [2.75, 3.05) is 44.2 Å². The third-order valence-corrected chi connectivity index (χ3v) is 6.01. The first-order chi connectivity index (χ1) is 11.7. The number of carbonyl (C=O) groups is 1. The van der Waals surface area contributed by atoms with Crippen molar-refractivity contribution in [2.24, 2.45) is 5.92 Å². The normalized spacial score (nSPS) is 19.0. The lowest BCUT2D eigenvalue weighted by molar-refractivity contribution is -0.122. The Morgan fingerprint density at radius 3 is 2.79 bits per heavy atom. The summed E-state index contributed by atoms with van der Waals surface area (Å²) in [6.45, 7) is 7.94.